The summed E-state index contributed by atoms with van der Waals surface area (Å²) >= 11 is 0. The lowest BCUT2D eigenvalue weighted by Crippen LogP contribution is -2.44. The zero-order valence-electron chi connectivity index (χ0n) is 16.3. The molecule has 0 aliphatic carbocycles. The fourth-order valence-electron chi connectivity index (χ4n) is 4.12. The number of aromatic nitrogens is 2. The molecule has 2 fully saturated rings. The number of ether oxygens (including phenoxy) is 1. The van der Waals surface area contributed by atoms with Crippen LogP contribution < -0.4 is 10.2 Å². The van der Waals surface area contributed by atoms with E-state index in [9.17, 15) is 0 Å². The van der Waals surface area contributed by atoms with Crippen LogP contribution in [0.3, 0.4) is 0 Å². The molecule has 1 N–H and O–H groups in total. The third kappa shape index (κ3) is 4.39. The Morgan fingerprint density at radius 1 is 1.15 bits per heavy atom. The highest BCUT2D eigenvalue weighted by Gasteiger charge is 2.42. The van der Waals surface area contributed by atoms with Gasteiger partial charge in [0.2, 0.25) is 5.95 Å². The number of anilines is 2. The van der Waals surface area contributed by atoms with Gasteiger partial charge in [-0.3, -0.25) is 4.90 Å². The lowest BCUT2D eigenvalue weighted by atomic mass is 9.87. The number of nitrogens with zero attached hydrogens (tertiary/aromatic N) is 4. The third-order valence-electron chi connectivity index (χ3n) is 5.73. The summed E-state index contributed by atoms with van der Waals surface area (Å²) < 4.78 is 6.26. The van der Waals surface area contributed by atoms with E-state index >= 15 is 0 Å². The largest absolute Gasteiger partial charge is 0.378 e. The number of piperidine rings is 1. The molecule has 0 saturated carbocycles. The first-order valence-corrected chi connectivity index (χ1v) is 9.78. The summed E-state index contributed by atoms with van der Waals surface area (Å²) in [6, 6.07) is 11.0. The van der Waals surface area contributed by atoms with Crippen molar-refractivity contribution in [2.75, 3.05) is 44.0 Å². The molecule has 2 aliphatic rings. The van der Waals surface area contributed by atoms with Gasteiger partial charge in [0.15, 0.2) is 0 Å². The fourth-order valence-corrected chi connectivity index (χ4v) is 4.12. The van der Waals surface area contributed by atoms with Gasteiger partial charge in [-0.25, -0.2) is 9.97 Å². The van der Waals surface area contributed by atoms with Crippen LogP contribution in [0, 0.1) is 0 Å². The van der Waals surface area contributed by atoms with Crippen molar-refractivity contribution in [1.29, 1.82) is 0 Å². The maximum absolute atomic E-state index is 6.26. The Labute approximate surface area is 161 Å². The molecule has 1 aromatic heterocycles. The molecular weight excluding hydrogens is 338 g/mol. The van der Waals surface area contributed by atoms with Crippen molar-refractivity contribution in [3.8, 4) is 0 Å². The van der Waals surface area contributed by atoms with Gasteiger partial charge >= 0.3 is 0 Å². The zero-order valence-corrected chi connectivity index (χ0v) is 16.3. The molecule has 2 aromatic rings. The second kappa shape index (κ2) is 7.82. The molecule has 0 bridgehead atoms. The standard InChI is InChI=1S/C21H29N5O/c1-25(2)19-6-4-17(5-7-19)15-26-12-8-21(9-13-26)14-18(16-27-21)24-20-22-10-3-11-23-20/h3-7,10-11,18H,8-9,12-16H2,1-2H3,(H,22,23,24). The Hall–Kier alpha value is -2.18. The van der Waals surface area contributed by atoms with Crippen LogP contribution >= 0.6 is 0 Å². The van der Waals surface area contributed by atoms with Gasteiger partial charge in [-0.2, -0.15) is 0 Å². The molecule has 144 valence electrons. The number of rotatable bonds is 5. The van der Waals surface area contributed by atoms with E-state index in [0.29, 0.717) is 12.0 Å². The SMILES string of the molecule is CN(C)c1ccc(CN2CCC3(CC2)CC(Nc2ncccn2)CO3)cc1. The third-order valence-corrected chi connectivity index (χ3v) is 5.73. The molecule has 2 saturated heterocycles. The van der Waals surface area contributed by atoms with E-state index in [0.717, 1.165) is 45.5 Å². The number of nitrogens with one attached hydrogen (secondary N) is 1. The van der Waals surface area contributed by atoms with E-state index in [1.165, 1.54) is 11.3 Å². The minimum absolute atomic E-state index is 0.0255. The van der Waals surface area contributed by atoms with Crippen LogP contribution in [0.15, 0.2) is 42.7 Å². The monoisotopic (exact) mass is 367 g/mol. The van der Waals surface area contributed by atoms with Gasteiger partial charge < -0.3 is 15.0 Å². The van der Waals surface area contributed by atoms with E-state index in [2.05, 4.69) is 63.4 Å². The summed E-state index contributed by atoms with van der Waals surface area (Å²) in [5, 5.41) is 3.41. The summed E-state index contributed by atoms with van der Waals surface area (Å²) in [7, 11) is 4.15. The van der Waals surface area contributed by atoms with Gasteiger partial charge in [-0.15, -0.1) is 0 Å². The molecule has 27 heavy (non-hydrogen) atoms. The van der Waals surface area contributed by atoms with Gasteiger partial charge in [0.1, 0.15) is 0 Å². The number of likely N-dealkylation sites (tertiary alicyclic amines) is 1. The molecule has 1 atom stereocenters. The molecule has 6 heteroatoms. The average molecular weight is 367 g/mol. The van der Waals surface area contributed by atoms with Gasteiger partial charge in [-0.1, -0.05) is 12.1 Å². The highest BCUT2D eigenvalue weighted by molar-refractivity contribution is 5.46. The Morgan fingerprint density at radius 2 is 1.85 bits per heavy atom. The topological polar surface area (TPSA) is 53.5 Å². The van der Waals surface area contributed by atoms with Gasteiger partial charge in [0.05, 0.1) is 18.2 Å². The van der Waals surface area contributed by atoms with Crippen molar-refractivity contribution in [3.05, 3.63) is 48.3 Å². The summed E-state index contributed by atoms with van der Waals surface area (Å²) in [5.74, 6) is 0.696. The van der Waals surface area contributed by atoms with Crippen molar-refractivity contribution in [2.45, 2.75) is 37.5 Å². The predicted octanol–water partition coefficient (Wildman–Crippen LogP) is 2.78. The van der Waals surface area contributed by atoms with Crippen LogP contribution in [0.4, 0.5) is 11.6 Å². The first kappa shape index (κ1) is 18.2. The molecule has 1 aromatic carbocycles. The molecular formula is C21H29N5O. The Bertz CT molecular complexity index is 726. The number of hydrogen-bond acceptors (Lipinski definition) is 6. The number of benzene rings is 1. The fraction of sp³-hybridized carbons (Fsp3) is 0.524. The summed E-state index contributed by atoms with van der Waals surface area (Å²) in [5.41, 5.74) is 2.65. The van der Waals surface area contributed by atoms with Crippen molar-refractivity contribution in [2.24, 2.45) is 0 Å². The quantitative estimate of drug-likeness (QED) is 0.877. The van der Waals surface area contributed by atoms with Crippen molar-refractivity contribution >= 4 is 11.6 Å². The molecule has 6 nitrogen and oxygen atoms in total. The maximum atomic E-state index is 6.26. The highest BCUT2D eigenvalue weighted by atomic mass is 16.5. The first-order chi connectivity index (χ1) is 13.1. The minimum Gasteiger partial charge on any atom is -0.378 e. The molecule has 4 rings (SSSR count). The lowest BCUT2D eigenvalue weighted by Gasteiger charge is -2.38. The van der Waals surface area contributed by atoms with Gasteiger partial charge in [0.25, 0.3) is 0 Å². The van der Waals surface area contributed by atoms with E-state index in [-0.39, 0.29) is 5.60 Å². The van der Waals surface area contributed by atoms with E-state index in [1.807, 2.05) is 6.07 Å². The van der Waals surface area contributed by atoms with Crippen LogP contribution in [-0.2, 0) is 11.3 Å². The lowest BCUT2D eigenvalue weighted by molar-refractivity contribution is -0.0448. The van der Waals surface area contributed by atoms with Crippen molar-refractivity contribution in [3.63, 3.8) is 0 Å². The van der Waals surface area contributed by atoms with Crippen LogP contribution in [0.5, 0.6) is 0 Å². The smallest absolute Gasteiger partial charge is 0.222 e. The molecule has 0 amide bonds. The Kier molecular flexibility index (Phi) is 5.27. The van der Waals surface area contributed by atoms with Gasteiger partial charge in [0, 0.05) is 51.8 Å². The summed E-state index contributed by atoms with van der Waals surface area (Å²) in [6.45, 7) is 3.93. The Morgan fingerprint density at radius 3 is 2.52 bits per heavy atom. The van der Waals surface area contributed by atoms with Crippen LogP contribution in [-0.4, -0.2) is 60.3 Å². The second-order valence-corrected chi connectivity index (χ2v) is 7.95. The molecule has 0 radical (unpaired) electrons. The van der Waals surface area contributed by atoms with Crippen molar-refractivity contribution < 1.29 is 4.74 Å². The van der Waals surface area contributed by atoms with Crippen LogP contribution in [0.1, 0.15) is 24.8 Å². The van der Waals surface area contributed by atoms with Crippen LogP contribution in [0.2, 0.25) is 0 Å². The highest BCUT2D eigenvalue weighted by Crippen LogP contribution is 2.37. The van der Waals surface area contributed by atoms with E-state index in [1.54, 1.807) is 12.4 Å². The zero-order chi connectivity index (χ0) is 18.7. The molecule has 3 heterocycles. The maximum Gasteiger partial charge on any atom is 0.222 e. The first-order valence-electron chi connectivity index (χ1n) is 9.78. The molecule has 1 spiro atoms. The van der Waals surface area contributed by atoms with E-state index < -0.39 is 0 Å². The van der Waals surface area contributed by atoms with Gasteiger partial charge in [-0.05, 0) is 43.0 Å². The second-order valence-electron chi connectivity index (χ2n) is 7.95. The van der Waals surface area contributed by atoms with Crippen molar-refractivity contribution in [1.82, 2.24) is 14.9 Å². The minimum atomic E-state index is 0.0255. The normalized spacial score (nSPS) is 22.1. The average Bonchev–Trinajstić information content (AvgIpc) is 3.07. The van der Waals surface area contributed by atoms with E-state index in [4.69, 9.17) is 4.74 Å². The molecule has 1 unspecified atom stereocenters. The summed E-state index contributed by atoms with van der Waals surface area (Å²) in [4.78, 5) is 13.2. The van der Waals surface area contributed by atoms with Crippen LogP contribution in [0.25, 0.3) is 0 Å². The molecule has 2 aliphatic heterocycles. The predicted molar refractivity (Wildman–Crippen MR) is 108 cm³/mol. The Balaban J connectivity index is 1.27. The number of hydrogen-bond donors (Lipinski definition) is 1. The summed E-state index contributed by atoms with van der Waals surface area (Å²) in [6.07, 6.45) is 6.76.